The van der Waals surface area contributed by atoms with Crippen LogP contribution in [0.15, 0.2) is 36.1 Å². The van der Waals surface area contributed by atoms with Gasteiger partial charge in [-0.3, -0.25) is 4.40 Å². The van der Waals surface area contributed by atoms with Gasteiger partial charge in [0.2, 0.25) is 0 Å². The molecule has 2 aromatic heterocycles. The summed E-state index contributed by atoms with van der Waals surface area (Å²) >= 11 is 6.53. The largest absolute Gasteiger partial charge is 0.396 e. The number of fused-ring (bicyclic) bond motifs is 1. The van der Waals surface area contributed by atoms with Crippen molar-refractivity contribution in [2.45, 2.75) is 57.4 Å². The maximum absolute atomic E-state index is 12.8. The van der Waals surface area contributed by atoms with Crippen molar-refractivity contribution in [1.29, 1.82) is 0 Å². The minimum absolute atomic E-state index is 0.178. The average molecular weight is 441 g/mol. The van der Waals surface area contributed by atoms with Crippen molar-refractivity contribution >= 4 is 22.9 Å². The van der Waals surface area contributed by atoms with Gasteiger partial charge in [0, 0.05) is 19.3 Å². The van der Waals surface area contributed by atoms with E-state index in [1.54, 1.807) is 12.3 Å². The Balaban J connectivity index is 1.58. The lowest BCUT2D eigenvalue weighted by Gasteiger charge is -2.42. The van der Waals surface area contributed by atoms with Crippen LogP contribution in [0.5, 0.6) is 0 Å². The predicted octanol–water partition coefficient (Wildman–Crippen LogP) is 5.14. The van der Waals surface area contributed by atoms with E-state index < -0.39 is 12.6 Å². The van der Waals surface area contributed by atoms with Crippen LogP contribution < -0.4 is 4.90 Å². The molecule has 2 aliphatic rings. The molecule has 1 fully saturated rings. The molecular weight excluding hydrogens is 417 g/mol. The van der Waals surface area contributed by atoms with Crippen molar-refractivity contribution in [2.75, 3.05) is 18.0 Å². The summed E-state index contributed by atoms with van der Waals surface area (Å²) in [7, 11) is 0. The number of rotatable bonds is 3. The molecule has 0 aromatic carbocycles. The zero-order valence-electron chi connectivity index (χ0n) is 17.2. The van der Waals surface area contributed by atoms with Gasteiger partial charge < -0.3 is 9.64 Å². The predicted molar refractivity (Wildman–Crippen MR) is 110 cm³/mol. The first-order valence-electron chi connectivity index (χ1n) is 9.86. The van der Waals surface area contributed by atoms with Gasteiger partial charge in [0.1, 0.15) is 17.3 Å². The molecule has 30 heavy (non-hydrogen) atoms. The molecule has 162 valence electrons. The quantitative estimate of drug-likeness (QED) is 0.663. The molecule has 0 amide bonds. The molecule has 0 saturated carbocycles. The monoisotopic (exact) mass is 440 g/mol. The maximum Gasteiger partial charge on any atom is 0.396 e. The summed E-state index contributed by atoms with van der Waals surface area (Å²) in [6, 6.07) is 1.73. The molecule has 2 aromatic rings. The number of alkyl halides is 3. The van der Waals surface area contributed by atoms with Crippen molar-refractivity contribution in [3.63, 3.8) is 0 Å². The van der Waals surface area contributed by atoms with Gasteiger partial charge in [-0.15, -0.1) is 10.2 Å². The highest BCUT2D eigenvalue weighted by Gasteiger charge is 2.49. The van der Waals surface area contributed by atoms with Crippen molar-refractivity contribution in [1.82, 2.24) is 14.6 Å². The number of hydrogen-bond acceptors (Lipinski definition) is 4. The second kappa shape index (κ2) is 6.99. The van der Waals surface area contributed by atoms with Crippen LogP contribution in [0.25, 0.3) is 5.65 Å². The highest BCUT2D eigenvalue weighted by Crippen LogP contribution is 2.48. The number of anilines is 1. The molecule has 0 atom stereocenters. The molecule has 1 spiro atoms. The first-order valence-corrected chi connectivity index (χ1v) is 10.2. The van der Waals surface area contributed by atoms with Gasteiger partial charge in [-0.2, -0.15) is 13.2 Å². The van der Waals surface area contributed by atoms with Crippen molar-refractivity contribution in [3.05, 3.63) is 46.9 Å². The minimum atomic E-state index is -4.36. The lowest BCUT2D eigenvalue weighted by Crippen LogP contribution is -2.47. The van der Waals surface area contributed by atoms with Crippen molar-refractivity contribution < 1.29 is 17.9 Å². The molecule has 0 unspecified atom stereocenters. The van der Waals surface area contributed by atoms with E-state index in [4.69, 9.17) is 16.3 Å². The SMILES string of the molecule is C=CC1=C(C)C2(CCN(c3ccn4c(CC(F)(F)F)nnc4c3Cl)CC2)OC1(C)C. The molecule has 2 aliphatic heterocycles. The van der Waals surface area contributed by atoms with Crippen LogP contribution in [0.4, 0.5) is 18.9 Å². The van der Waals surface area contributed by atoms with Gasteiger partial charge in [0.05, 0.1) is 16.9 Å². The Bertz CT molecular complexity index is 1030. The summed E-state index contributed by atoms with van der Waals surface area (Å²) in [6.07, 6.45) is -0.510. The normalized spacial score (nSPS) is 21.1. The number of piperidine rings is 1. The summed E-state index contributed by atoms with van der Waals surface area (Å²) in [6.45, 7) is 11.6. The van der Waals surface area contributed by atoms with Crippen LogP contribution in [0, 0.1) is 0 Å². The minimum Gasteiger partial charge on any atom is -0.370 e. The molecule has 0 radical (unpaired) electrons. The molecular formula is C21H24ClF3N4O. The molecule has 4 heterocycles. The van der Waals surface area contributed by atoms with Gasteiger partial charge in [-0.05, 0) is 50.8 Å². The molecule has 0 N–H and O–H groups in total. The molecule has 1 saturated heterocycles. The average Bonchev–Trinajstić information content (AvgIpc) is 3.12. The standard InChI is InChI=1S/C21H24ClF3N4O/c1-5-14-13(2)20(30-19(14,3)4)7-10-28(11-8-20)15-6-9-29-16(12-21(23,24)25)26-27-18(29)17(15)22/h5-6,9H,1,7-8,10-12H2,2-4H3. The van der Waals surface area contributed by atoms with E-state index in [-0.39, 0.29) is 22.7 Å². The Kier molecular flexibility index (Phi) is 4.93. The zero-order valence-corrected chi connectivity index (χ0v) is 17.9. The van der Waals surface area contributed by atoms with Crippen molar-refractivity contribution in [3.8, 4) is 0 Å². The smallest absolute Gasteiger partial charge is 0.370 e. The first-order chi connectivity index (χ1) is 14.0. The number of ether oxygens (including phenoxy) is 1. The number of aromatic nitrogens is 3. The third-order valence-electron chi connectivity index (χ3n) is 6.23. The van der Waals surface area contributed by atoms with Crippen LogP contribution in [0.3, 0.4) is 0 Å². The van der Waals surface area contributed by atoms with E-state index in [1.165, 1.54) is 9.97 Å². The van der Waals surface area contributed by atoms with E-state index in [0.717, 1.165) is 24.1 Å². The Morgan fingerprint density at radius 1 is 1.27 bits per heavy atom. The van der Waals surface area contributed by atoms with Gasteiger partial charge in [0.15, 0.2) is 5.65 Å². The lowest BCUT2D eigenvalue weighted by molar-refractivity contribution is -0.128. The van der Waals surface area contributed by atoms with Crippen LogP contribution in [0.2, 0.25) is 5.02 Å². The summed E-state index contributed by atoms with van der Waals surface area (Å²) in [4.78, 5) is 2.13. The molecule has 0 bridgehead atoms. The fourth-order valence-electron chi connectivity index (χ4n) is 4.81. The van der Waals surface area contributed by atoms with Crippen LogP contribution in [-0.2, 0) is 11.2 Å². The van der Waals surface area contributed by atoms with Gasteiger partial charge in [-0.25, -0.2) is 0 Å². The fraction of sp³-hybridized carbons (Fsp3) is 0.524. The summed E-state index contributed by atoms with van der Waals surface area (Å²) in [5.41, 5.74) is 2.63. The Morgan fingerprint density at radius 2 is 1.93 bits per heavy atom. The van der Waals surface area contributed by atoms with E-state index >= 15 is 0 Å². The highest BCUT2D eigenvalue weighted by molar-refractivity contribution is 6.36. The summed E-state index contributed by atoms with van der Waals surface area (Å²) < 4.78 is 46.1. The van der Waals surface area contributed by atoms with E-state index in [0.29, 0.717) is 18.1 Å². The number of halogens is 4. The number of pyridine rings is 1. The van der Waals surface area contributed by atoms with Crippen molar-refractivity contribution in [2.24, 2.45) is 0 Å². The summed E-state index contributed by atoms with van der Waals surface area (Å²) in [5, 5.41) is 7.88. The molecule has 4 rings (SSSR count). The van der Waals surface area contributed by atoms with E-state index in [1.807, 2.05) is 6.08 Å². The second-order valence-corrected chi connectivity index (χ2v) is 8.83. The zero-order chi connectivity index (χ0) is 21.9. The third kappa shape index (κ3) is 3.39. The third-order valence-corrected chi connectivity index (χ3v) is 6.59. The van der Waals surface area contributed by atoms with Gasteiger partial charge in [-0.1, -0.05) is 24.3 Å². The van der Waals surface area contributed by atoms with Gasteiger partial charge in [0.25, 0.3) is 0 Å². The fourth-order valence-corrected chi connectivity index (χ4v) is 5.12. The summed E-state index contributed by atoms with van der Waals surface area (Å²) in [5.74, 6) is -0.178. The highest BCUT2D eigenvalue weighted by atomic mass is 35.5. The second-order valence-electron chi connectivity index (χ2n) is 8.45. The molecule has 5 nitrogen and oxygen atoms in total. The number of nitrogens with zero attached hydrogens (tertiary/aromatic N) is 4. The van der Waals surface area contributed by atoms with Crippen LogP contribution >= 0.6 is 11.6 Å². The Morgan fingerprint density at radius 3 is 2.50 bits per heavy atom. The molecule has 0 aliphatic carbocycles. The molecule has 9 heteroatoms. The van der Waals surface area contributed by atoms with E-state index in [9.17, 15) is 13.2 Å². The van der Waals surface area contributed by atoms with E-state index in [2.05, 4.69) is 42.4 Å². The maximum atomic E-state index is 12.8. The number of hydrogen-bond donors (Lipinski definition) is 0. The lowest BCUT2D eigenvalue weighted by atomic mass is 9.83. The van der Waals surface area contributed by atoms with Gasteiger partial charge >= 0.3 is 6.18 Å². The van der Waals surface area contributed by atoms with Crippen LogP contribution in [0.1, 0.15) is 39.4 Å². The Labute approximate surface area is 178 Å². The topological polar surface area (TPSA) is 42.7 Å². The first kappa shape index (κ1) is 21.2. The Hall–Kier alpha value is -2.06. The van der Waals surface area contributed by atoms with Crippen LogP contribution in [-0.4, -0.2) is 45.1 Å².